The van der Waals surface area contributed by atoms with Crippen LogP contribution in [0.15, 0.2) is 41.6 Å². The minimum Gasteiger partial charge on any atom is -0.334 e. The highest BCUT2D eigenvalue weighted by Crippen LogP contribution is 2.19. The van der Waals surface area contributed by atoms with E-state index >= 15 is 0 Å². The van der Waals surface area contributed by atoms with E-state index in [-0.39, 0.29) is 11.1 Å². The minimum atomic E-state index is -3.64. The average Bonchev–Trinajstić information content (AvgIpc) is 2.87. The minimum absolute atomic E-state index is 0.0590. The second-order valence-corrected chi connectivity index (χ2v) is 6.96. The normalized spacial score (nSPS) is 13.3. The van der Waals surface area contributed by atoms with Gasteiger partial charge in [0.2, 0.25) is 0 Å². The summed E-state index contributed by atoms with van der Waals surface area (Å²) >= 11 is 3.36. The van der Waals surface area contributed by atoms with Crippen LogP contribution in [-0.4, -0.2) is 23.3 Å². The summed E-state index contributed by atoms with van der Waals surface area (Å²) in [4.78, 5) is 4.13. The van der Waals surface area contributed by atoms with Crippen molar-refractivity contribution in [1.29, 1.82) is 0 Å². The molecular weight excluding hydrogens is 354 g/mol. The van der Waals surface area contributed by atoms with Crippen molar-refractivity contribution < 1.29 is 8.42 Å². The van der Waals surface area contributed by atoms with Gasteiger partial charge in [-0.1, -0.05) is 46.3 Å². The average molecular weight is 372 g/mol. The number of benzene rings is 1. The Morgan fingerprint density at radius 2 is 2.00 bits per heavy atom. The van der Waals surface area contributed by atoms with Crippen LogP contribution in [0.25, 0.3) is 0 Å². The number of sulfonamides is 1. The molecule has 0 aliphatic carbocycles. The summed E-state index contributed by atoms with van der Waals surface area (Å²) < 4.78 is 29.4. The van der Waals surface area contributed by atoms with Gasteiger partial charge >= 0.3 is 0 Å². The zero-order chi connectivity index (χ0) is 15.5. The number of halogens is 1. The number of imidazole rings is 1. The van der Waals surface area contributed by atoms with Crippen LogP contribution in [0.2, 0.25) is 0 Å². The monoisotopic (exact) mass is 371 g/mol. The molecule has 1 unspecified atom stereocenters. The Bertz CT molecular complexity index is 698. The van der Waals surface area contributed by atoms with Gasteiger partial charge in [0.15, 0.2) is 5.03 Å². The molecule has 1 N–H and O–H groups in total. The van der Waals surface area contributed by atoms with Crippen LogP contribution >= 0.6 is 15.9 Å². The van der Waals surface area contributed by atoms with Gasteiger partial charge in [0.1, 0.15) is 5.82 Å². The third-order valence-electron chi connectivity index (χ3n) is 3.22. The van der Waals surface area contributed by atoms with Crippen molar-refractivity contribution >= 4 is 26.0 Å². The molecule has 1 aromatic heterocycles. The fraction of sp³-hybridized carbons (Fsp3) is 0.357. The molecule has 2 aromatic rings. The lowest BCUT2D eigenvalue weighted by molar-refractivity contribution is 0.565. The van der Waals surface area contributed by atoms with Crippen molar-refractivity contribution in [3.05, 3.63) is 47.9 Å². The number of aromatic nitrogens is 2. The Morgan fingerprint density at radius 3 is 2.52 bits per heavy atom. The molecule has 2 rings (SSSR count). The molecule has 0 amide bonds. The first-order valence-corrected chi connectivity index (χ1v) is 9.25. The standard InChI is InChI=1S/C14H18BrN3O2S/c1-3-18-10-14(16-11(18)2)21(19,20)17-13(9-15)12-7-5-4-6-8-12/h4-8,10,13,17H,3,9H2,1-2H3. The van der Waals surface area contributed by atoms with Crippen molar-refractivity contribution in [3.8, 4) is 0 Å². The Kier molecular flexibility index (Phi) is 5.18. The van der Waals surface area contributed by atoms with Gasteiger partial charge in [-0.05, 0) is 19.4 Å². The predicted octanol–water partition coefficient (Wildman–Crippen LogP) is 2.63. The largest absolute Gasteiger partial charge is 0.334 e. The number of hydrogen-bond donors (Lipinski definition) is 1. The Hall–Kier alpha value is -1.18. The third-order valence-corrected chi connectivity index (χ3v) is 5.21. The molecule has 21 heavy (non-hydrogen) atoms. The van der Waals surface area contributed by atoms with Gasteiger partial charge in [-0.2, -0.15) is 0 Å². The summed E-state index contributed by atoms with van der Waals surface area (Å²) in [5.74, 6) is 0.688. The Morgan fingerprint density at radius 1 is 1.33 bits per heavy atom. The van der Waals surface area contributed by atoms with Crippen LogP contribution in [0.1, 0.15) is 24.4 Å². The van der Waals surface area contributed by atoms with Gasteiger partial charge in [-0.25, -0.2) is 18.1 Å². The fourth-order valence-electron chi connectivity index (χ4n) is 2.05. The zero-order valence-electron chi connectivity index (χ0n) is 12.0. The topological polar surface area (TPSA) is 64.0 Å². The van der Waals surface area contributed by atoms with Crippen molar-refractivity contribution in [1.82, 2.24) is 14.3 Å². The molecule has 0 saturated carbocycles. The zero-order valence-corrected chi connectivity index (χ0v) is 14.4. The number of hydrogen-bond acceptors (Lipinski definition) is 3. The van der Waals surface area contributed by atoms with Crippen LogP contribution in [0.3, 0.4) is 0 Å². The molecule has 0 radical (unpaired) electrons. The summed E-state index contributed by atoms with van der Waals surface area (Å²) in [6.07, 6.45) is 1.56. The van der Waals surface area contributed by atoms with Gasteiger partial charge in [-0.3, -0.25) is 0 Å². The van der Waals surface area contributed by atoms with Crippen LogP contribution in [0.4, 0.5) is 0 Å². The molecule has 0 saturated heterocycles. The lowest BCUT2D eigenvalue weighted by Gasteiger charge is -2.15. The lowest BCUT2D eigenvalue weighted by Crippen LogP contribution is -2.29. The maximum Gasteiger partial charge on any atom is 0.260 e. The number of aryl methyl sites for hydroxylation is 2. The van der Waals surface area contributed by atoms with Crippen molar-refractivity contribution in [2.75, 3.05) is 5.33 Å². The first kappa shape index (κ1) is 16.2. The summed E-state index contributed by atoms with van der Waals surface area (Å²) in [6.45, 7) is 4.43. The highest BCUT2D eigenvalue weighted by molar-refractivity contribution is 9.09. The number of alkyl halides is 1. The first-order chi connectivity index (χ1) is 9.97. The summed E-state index contributed by atoms with van der Waals surface area (Å²) in [5, 5.41) is 0.549. The predicted molar refractivity (Wildman–Crippen MR) is 85.9 cm³/mol. The van der Waals surface area contributed by atoms with Crippen LogP contribution < -0.4 is 4.72 Å². The van der Waals surface area contributed by atoms with Gasteiger partial charge in [0.25, 0.3) is 10.0 Å². The summed E-state index contributed by atoms with van der Waals surface area (Å²) in [5.41, 5.74) is 0.907. The SMILES string of the molecule is CCn1cc(S(=O)(=O)NC(CBr)c2ccccc2)nc1C. The smallest absolute Gasteiger partial charge is 0.260 e. The quantitative estimate of drug-likeness (QED) is 0.793. The molecular formula is C14H18BrN3O2S. The molecule has 5 nitrogen and oxygen atoms in total. The van der Waals surface area contributed by atoms with E-state index in [0.29, 0.717) is 17.7 Å². The van der Waals surface area contributed by atoms with Gasteiger partial charge in [0, 0.05) is 18.1 Å². The first-order valence-electron chi connectivity index (χ1n) is 6.65. The lowest BCUT2D eigenvalue weighted by atomic mass is 10.1. The third kappa shape index (κ3) is 3.72. The highest BCUT2D eigenvalue weighted by atomic mass is 79.9. The van der Waals surface area contributed by atoms with Crippen molar-refractivity contribution in [3.63, 3.8) is 0 Å². The van der Waals surface area contributed by atoms with Gasteiger partial charge in [0.05, 0.1) is 6.04 Å². The van der Waals surface area contributed by atoms with E-state index in [0.717, 1.165) is 5.56 Å². The van der Waals surface area contributed by atoms with Crippen LogP contribution in [0, 0.1) is 6.92 Å². The molecule has 114 valence electrons. The number of rotatable bonds is 6. The number of nitrogens with zero attached hydrogens (tertiary/aromatic N) is 2. The van der Waals surface area contributed by atoms with E-state index in [4.69, 9.17) is 0 Å². The molecule has 1 heterocycles. The Labute approximate surface area is 133 Å². The van der Waals surface area contributed by atoms with Gasteiger partial charge < -0.3 is 4.57 Å². The van der Waals surface area contributed by atoms with E-state index < -0.39 is 10.0 Å². The van der Waals surface area contributed by atoms with Gasteiger partial charge in [-0.15, -0.1) is 0 Å². The maximum absolute atomic E-state index is 12.4. The highest BCUT2D eigenvalue weighted by Gasteiger charge is 2.23. The summed E-state index contributed by atoms with van der Waals surface area (Å²) in [7, 11) is -3.64. The van der Waals surface area contributed by atoms with E-state index in [1.54, 1.807) is 17.7 Å². The molecule has 0 aliphatic rings. The molecule has 0 spiro atoms. The Balaban J connectivity index is 2.27. The molecule has 1 aromatic carbocycles. The van der Waals surface area contributed by atoms with Crippen molar-refractivity contribution in [2.24, 2.45) is 0 Å². The second-order valence-electron chi connectivity index (χ2n) is 4.65. The maximum atomic E-state index is 12.4. The summed E-state index contributed by atoms with van der Waals surface area (Å²) in [6, 6.07) is 9.12. The second kappa shape index (κ2) is 6.72. The van der Waals surface area contributed by atoms with E-state index in [1.807, 2.05) is 37.3 Å². The molecule has 7 heteroatoms. The number of nitrogens with one attached hydrogen (secondary N) is 1. The van der Waals surface area contributed by atoms with Crippen LogP contribution in [0.5, 0.6) is 0 Å². The van der Waals surface area contributed by atoms with Crippen molar-refractivity contribution in [2.45, 2.75) is 31.5 Å². The fourth-order valence-corrected chi connectivity index (χ4v) is 4.03. The van der Waals surface area contributed by atoms with E-state index in [2.05, 4.69) is 25.6 Å². The van der Waals surface area contributed by atoms with Crippen LogP contribution in [-0.2, 0) is 16.6 Å². The molecule has 0 bridgehead atoms. The van der Waals surface area contributed by atoms with E-state index in [9.17, 15) is 8.42 Å². The van der Waals surface area contributed by atoms with E-state index in [1.165, 1.54) is 0 Å². The molecule has 1 atom stereocenters. The molecule has 0 fully saturated rings. The molecule has 0 aliphatic heterocycles.